The molecule has 0 aromatic heterocycles. The number of ether oxygens (including phenoxy) is 3. The van der Waals surface area contributed by atoms with Crippen molar-refractivity contribution in [3.05, 3.63) is 81.9 Å². The monoisotopic (exact) mass is 1210 g/mol. The molecule has 21 nitrogen and oxygen atoms in total. The number of carbonyl (C=O) groups excluding carboxylic acids is 10. The Morgan fingerprint density at radius 2 is 1.50 bits per heavy atom. The van der Waals surface area contributed by atoms with Gasteiger partial charge in [-0.25, -0.2) is 4.79 Å². The first-order chi connectivity index (χ1) is 39.4. The zero-order valence-corrected chi connectivity index (χ0v) is 51.7. The molecule has 84 heavy (non-hydrogen) atoms. The van der Waals surface area contributed by atoms with Gasteiger partial charge in [-0.2, -0.15) is 8.42 Å². The molecule has 0 unspecified atom stereocenters. The average Bonchev–Trinajstić information content (AvgIpc) is 3.12. The second-order valence-electron chi connectivity index (χ2n) is 23.5. The molecule has 1 saturated heterocycles. The number of hydrogen-bond acceptors (Lipinski definition) is 15. The Balaban J connectivity index is 1.36. The minimum absolute atomic E-state index is 0.0433. The van der Waals surface area contributed by atoms with Gasteiger partial charge in [-0.05, 0) is 86.3 Å². The van der Waals surface area contributed by atoms with E-state index in [1.54, 1.807) is 46.8 Å². The number of ketones is 3. The second-order valence-corrected chi connectivity index (χ2v) is 25.5. The van der Waals surface area contributed by atoms with E-state index >= 15 is 0 Å². The Kier molecular flexibility index (Phi) is 27.4. The van der Waals surface area contributed by atoms with Crippen LogP contribution in [-0.2, 0) is 85.1 Å². The van der Waals surface area contributed by atoms with Crippen LogP contribution in [0.5, 0.6) is 0 Å². The molecule has 464 valence electrons. The highest BCUT2D eigenvalue weighted by atomic mass is 35.5. The Morgan fingerprint density at radius 1 is 0.845 bits per heavy atom. The number of carbonyl (C=O) groups is 10. The number of halogens is 1. The maximum absolute atomic E-state index is 14.0. The zero-order valence-electron chi connectivity index (χ0n) is 50.1. The summed E-state index contributed by atoms with van der Waals surface area (Å²) in [5.74, 6) is -6.88. The summed E-state index contributed by atoms with van der Waals surface area (Å²) >= 11 is 6.39. The van der Waals surface area contributed by atoms with Gasteiger partial charge in [0.05, 0.1) is 23.3 Å². The third-order valence-electron chi connectivity index (χ3n) is 15.0. The molecule has 1 fully saturated rings. The first-order valence-corrected chi connectivity index (χ1v) is 30.8. The molecule has 5 amide bonds. The molecular weight excluding hydrogens is 1130 g/mol. The number of cyclic esters (lactones) is 2. The van der Waals surface area contributed by atoms with Crippen LogP contribution in [0.2, 0.25) is 5.02 Å². The predicted octanol–water partition coefficient (Wildman–Crippen LogP) is 6.03. The number of rotatable bonds is 29. The summed E-state index contributed by atoms with van der Waals surface area (Å²) in [7, 11) is -2.80. The Morgan fingerprint density at radius 3 is 2.12 bits per heavy atom. The summed E-state index contributed by atoms with van der Waals surface area (Å²) in [6.07, 6.45) is -0.229. The summed E-state index contributed by atoms with van der Waals surface area (Å²) in [6, 6.07) is 11.0. The maximum Gasteiger partial charge on any atom is 0.347 e. The van der Waals surface area contributed by atoms with Crippen LogP contribution in [0.15, 0.2) is 54.6 Å². The Labute approximate surface area is 499 Å². The summed E-state index contributed by atoms with van der Waals surface area (Å²) in [5.41, 5.74) is 1.99. The van der Waals surface area contributed by atoms with Crippen LogP contribution in [0.3, 0.4) is 0 Å². The third kappa shape index (κ3) is 23.6. The maximum atomic E-state index is 14.0. The lowest BCUT2D eigenvalue weighted by molar-refractivity contribution is -0.179. The number of esters is 2. The molecule has 0 radical (unpaired) electrons. The molecule has 2 aromatic carbocycles. The fourth-order valence-corrected chi connectivity index (χ4v) is 10.2. The Bertz CT molecular complexity index is 2820. The standard InChI is InChI=1S/C61H86ClN5O16S/c1-36(2)31-50-59(76)81-49(14-11-15-52(72)65-46(34-42-17-16-38(5)45(62)33-42)58(75)64-35-61(8,9)60(77)82-50)40(7)56-57(83-56)43-21-18-41(19-22-43)20-24-47(69)39(6)32-48(70)55(37(3)4)66-53(73)27-29-67(28-26-51(71)63-10)54(74)25-23-44(68)13-12-30-84(78,79)80/h11,15-19,21-22,33,36-37,39-40,46,49-50,55-57H,12-14,20,23-32,34-35H2,1-10H3,(H,63,71)(H,64,75)(H,65,72)(H,66,73)(H,78,79,80)/b15-11+/t39-,40+,46-,49+,50+,55+,56-,57-/m1/s1. The number of Topliss-reactive ketones (excluding diaryl/α,β-unsaturated/α-hetero) is 3. The molecule has 2 aliphatic heterocycles. The van der Waals surface area contributed by atoms with Gasteiger partial charge in [-0.1, -0.05) is 95.6 Å². The van der Waals surface area contributed by atoms with Crippen LogP contribution in [0.4, 0.5) is 0 Å². The summed E-state index contributed by atoms with van der Waals surface area (Å²) in [6.45, 7) is 15.5. The van der Waals surface area contributed by atoms with Crippen molar-refractivity contribution in [3.8, 4) is 0 Å². The highest BCUT2D eigenvalue weighted by molar-refractivity contribution is 7.85. The number of nitrogens with zero attached hydrogens (tertiary/aromatic N) is 1. The van der Waals surface area contributed by atoms with E-state index in [1.165, 1.54) is 18.0 Å². The fourth-order valence-electron chi connectivity index (χ4n) is 9.48. The van der Waals surface area contributed by atoms with Gasteiger partial charge in [-0.3, -0.25) is 47.7 Å². The van der Waals surface area contributed by atoms with E-state index in [2.05, 4.69) is 21.3 Å². The van der Waals surface area contributed by atoms with Crippen LogP contribution in [0.25, 0.3) is 0 Å². The number of epoxide rings is 1. The quantitative estimate of drug-likeness (QED) is 0.0353. The van der Waals surface area contributed by atoms with Crippen LogP contribution < -0.4 is 21.3 Å². The molecular formula is C61H86ClN5O16S. The van der Waals surface area contributed by atoms with Crippen molar-refractivity contribution in [2.24, 2.45) is 29.1 Å². The van der Waals surface area contributed by atoms with E-state index in [4.69, 9.17) is 30.4 Å². The van der Waals surface area contributed by atoms with Crippen molar-refractivity contribution in [1.29, 1.82) is 0 Å². The van der Waals surface area contributed by atoms with Gasteiger partial charge >= 0.3 is 11.9 Å². The van der Waals surface area contributed by atoms with Crippen molar-refractivity contribution in [3.63, 3.8) is 0 Å². The van der Waals surface area contributed by atoms with Crippen molar-refractivity contribution >= 4 is 80.5 Å². The molecule has 8 atom stereocenters. The van der Waals surface area contributed by atoms with Crippen molar-refractivity contribution < 1.29 is 75.1 Å². The lowest BCUT2D eigenvalue weighted by atomic mass is 9.89. The number of aryl methyl sites for hydroxylation is 2. The van der Waals surface area contributed by atoms with E-state index in [0.717, 1.165) is 16.7 Å². The van der Waals surface area contributed by atoms with Crippen molar-refractivity contribution in [2.45, 2.75) is 176 Å². The third-order valence-corrected chi connectivity index (χ3v) is 16.2. The predicted molar refractivity (Wildman–Crippen MR) is 313 cm³/mol. The number of benzene rings is 2. The molecule has 0 spiro atoms. The van der Waals surface area contributed by atoms with Crippen LogP contribution in [-0.4, -0.2) is 140 Å². The number of nitrogens with one attached hydrogen (secondary N) is 4. The topological polar surface area (TPSA) is 307 Å². The molecule has 5 N–H and O–H groups in total. The van der Waals surface area contributed by atoms with E-state index in [9.17, 15) is 56.4 Å². The van der Waals surface area contributed by atoms with Gasteiger partial charge in [0.25, 0.3) is 10.1 Å². The molecule has 0 aliphatic carbocycles. The Hall–Kier alpha value is -6.36. The highest BCUT2D eigenvalue weighted by Gasteiger charge is 2.48. The van der Waals surface area contributed by atoms with Crippen LogP contribution in [0, 0.1) is 36.0 Å². The van der Waals surface area contributed by atoms with Gasteiger partial charge < -0.3 is 40.4 Å². The summed E-state index contributed by atoms with van der Waals surface area (Å²) in [5, 5.41) is 11.3. The fraction of sp³-hybridized carbons (Fsp3) is 0.607. The van der Waals surface area contributed by atoms with Gasteiger partial charge in [0.2, 0.25) is 29.5 Å². The average molecular weight is 1210 g/mol. The van der Waals surface area contributed by atoms with Crippen LogP contribution >= 0.6 is 11.6 Å². The van der Waals surface area contributed by atoms with Gasteiger partial charge in [0.1, 0.15) is 29.8 Å². The normalized spacial score (nSPS) is 21.0. The smallest absolute Gasteiger partial charge is 0.347 e. The molecule has 4 rings (SSSR count). The molecule has 2 aliphatic rings. The molecule has 0 saturated carbocycles. The van der Waals surface area contributed by atoms with E-state index in [0.29, 0.717) is 17.0 Å². The minimum Gasteiger partial charge on any atom is -0.459 e. The van der Waals surface area contributed by atoms with E-state index in [1.807, 2.05) is 64.1 Å². The van der Waals surface area contributed by atoms with Gasteiger partial charge in [0.15, 0.2) is 11.9 Å². The lowest BCUT2D eigenvalue weighted by Crippen LogP contribution is -2.51. The van der Waals surface area contributed by atoms with Gasteiger partial charge in [0, 0.05) is 101 Å². The SMILES string of the molecule is CNC(=O)CCN(CCC(=O)N[C@H](C(=O)C[C@@H](C)C(=O)CCc1ccc([C@H]2O[C@@H]2[C@@H](C)[C@@H]2C/C=C/C(=O)N[C@H](Cc3ccc(C)c(Cl)c3)C(=O)NCC(C)(C)C(=O)O[C@@H](CC(C)C)C(=O)O2)cc1)C(C)C)C(=O)CCC(=O)CCCS(=O)(=O)O. The largest absolute Gasteiger partial charge is 0.459 e. The minimum atomic E-state index is -4.24. The number of amides is 5. The summed E-state index contributed by atoms with van der Waals surface area (Å²) < 4.78 is 49.1. The highest BCUT2D eigenvalue weighted by Crippen LogP contribution is 2.45. The molecule has 2 aromatic rings. The first-order valence-electron chi connectivity index (χ1n) is 28.8. The molecule has 23 heteroatoms. The van der Waals surface area contributed by atoms with Crippen molar-refractivity contribution in [2.75, 3.05) is 32.4 Å². The lowest BCUT2D eigenvalue weighted by Gasteiger charge is -2.29. The van der Waals surface area contributed by atoms with Crippen LogP contribution in [0.1, 0.15) is 148 Å². The first kappa shape index (κ1) is 70.1. The second kappa shape index (κ2) is 32.8. The summed E-state index contributed by atoms with van der Waals surface area (Å²) in [4.78, 5) is 134. The molecule has 0 bridgehead atoms. The van der Waals surface area contributed by atoms with Gasteiger partial charge in [-0.15, -0.1) is 0 Å². The number of hydrogen-bond donors (Lipinski definition) is 5. The molecule has 2 heterocycles. The van der Waals surface area contributed by atoms with E-state index < -0.39 is 99.1 Å². The van der Waals surface area contributed by atoms with Crippen molar-refractivity contribution in [1.82, 2.24) is 26.2 Å². The zero-order chi connectivity index (χ0) is 62.6. The van der Waals surface area contributed by atoms with E-state index in [-0.39, 0.29) is 131 Å².